The lowest BCUT2D eigenvalue weighted by Gasteiger charge is -2.24. The molecule has 1 saturated heterocycles. The van der Waals surface area contributed by atoms with Gasteiger partial charge in [0.15, 0.2) is 5.69 Å². The number of amides is 1. The number of carbonyl (C=O) groups is 1. The van der Waals surface area contributed by atoms with Gasteiger partial charge in [-0.3, -0.25) is 9.48 Å². The van der Waals surface area contributed by atoms with Crippen LogP contribution >= 0.6 is 0 Å². The molecule has 0 bridgehead atoms. The molecule has 20 heavy (non-hydrogen) atoms. The van der Waals surface area contributed by atoms with Gasteiger partial charge in [0.25, 0.3) is 5.91 Å². The summed E-state index contributed by atoms with van der Waals surface area (Å²) in [7, 11) is 1.39. The van der Waals surface area contributed by atoms with Gasteiger partial charge in [-0.25, -0.2) is 0 Å². The zero-order valence-electron chi connectivity index (χ0n) is 11.4. The Morgan fingerprint density at radius 3 is 2.25 bits per heavy atom. The Balaban J connectivity index is 2.23. The summed E-state index contributed by atoms with van der Waals surface area (Å²) in [5.74, 6) is -0.563. The van der Waals surface area contributed by atoms with Crippen molar-refractivity contribution in [3.8, 4) is 0 Å². The molecule has 0 spiro atoms. The standard InChI is InChI=1S/C13H18F3N3O/c1-18-9-10(11(17-18)13(14,15)16)12(20)19-7-5-3-2-4-6-8-19/h9H,2-8H2,1H3. The van der Waals surface area contributed by atoms with Gasteiger partial charge in [0.05, 0.1) is 5.56 Å². The molecule has 0 N–H and O–H groups in total. The van der Waals surface area contributed by atoms with Crippen LogP contribution in [0.2, 0.25) is 0 Å². The van der Waals surface area contributed by atoms with Crippen LogP contribution in [0.5, 0.6) is 0 Å². The molecule has 0 radical (unpaired) electrons. The van der Waals surface area contributed by atoms with Gasteiger partial charge in [0, 0.05) is 26.3 Å². The van der Waals surface area contributed by atoms with E-state index >= 15 is 0 Å². The fraction of sp³-hybridized carbons (Fsp3) is 0.692. The lowest BCUT2D eigenvalue weighted by molar-refractivity contribution is -0.141. The van der Waals surface area contributed by atoms with Gasteiger partial charge in [-0.05, 0) is 12.8 Å². The summed E-state index contributed by atoms with van der Waals surface area (Å²) >= 11 is 0. The number of carbonyl (C=O) groups excluding carboxylic acids is 1. The predicted octanol–water partition coefficient (Wildman–Crippen LogP) is 2.85. The third-order valence-electron chi connectivity index (χ3n) is 3.47. The molecule has 1 fully saturated rings. The Labute approximate surface area is 115 Å². The third-order valence-corrected chi connectivity index (χ3v) is 3.47. The summed E-state index contributed by atoms with van der Waals surface area (Å²) in [6.45, 7) is 1.04. The highest BCUT2D eigenvalue weighted by Gasteiger charge is 2.39. The van der Waals surface area contributed by atoms with Crippen LogP contribution < -0.4 is 0 Å². The minimum absolute atomic E-state index is 0.347. The first-order valence-corrected chi connectivity index (χ1v) is 6.79. The number of hydrogen-bond donors (Lipinski definition) is 0. The highest BCUT2D eigenvalue weighted by molar-refractivity contribution is 5.95. The minimum Gasteiger partial charge on any atom is -0.339 e. The Kier molecular flexibility index (Phi) is 4.35. The molecule has 4 nitrogen and oxygen atoms in total. The van der Waals surface area contributed by atoms with Crippen molar-refractivity contribution in [3.63, 3.8) is 0 Å². The van der Waals surface area contributed by atoms with Crippen LogP contribution in [-0.4, -0.2) is 33.7 Å². The van der Waals surface area contributed by atoms with Crippen LogP contribution in [0.4, 0.5) is 13.2 Å². The molecule has 7 heteroatoms. The van der Waals surface area contributed by atoms with Gasteiger partial charge in [0.1, 0.15) is 0 Å². The molecule has 0 unspecified atom stereocenters. The lowest BCUT2D eigenvalue weighted by atomic mass is 10.1. The van der Waals surface area contributed by atoms with Crippen molar-refractivity contribution in [1.82, 2.24) is 14.7 Å². The van der Waals surface area contributed by atoms with Crippen LogP contribution in [-0.2, 0) is 13.2 Å². The number of aromatic nitrogens is 2. The summed E-state index contributed by atoms with van der Waals surface area (Å²) in [5.41, 5.74) is -1.44. The van der Waals surface area contributed by atoms with Gasteiger partial charge in [-0.2, -0.15) is 18.3 Å². The zero-order chi connectivity index (χ0) is 14.8. The number of halogens is 3. The van der Waals surface area contributed by atoms with E-state index in [0.717, 1.165) is 43.0 Å². The second-order valence-electron chi connectivity index (χ2n) is 5.12. The Hall–Kier alpha value is -1.53. The second-order valence-corrected chi connectivity index (χ2v) is 5.12. The summed E-state index contributed by atoms with van der Waals surface area (Å²) in [5, 5.41) is 3.38. The Morgan fingerprint density at radius 1 is 1.15 bits per heavy atom. The SMILES string of the molecule is Cn1cc(C(=O)N2CCCCCCC2)c(C(F)(F)F)n1. The Bertz CT molecular complexity index is 474. The normalized spacial score (nSPS) is 17.7. The quantitative estimate of drug-likeness (QED) is 0.797. The highest BCUT2D eigenvalue weighted by Crippen LogP contribution is 2.31. The van der Waals surface area contributed by atoms with Crippen LogP contribution in [0, 0.1) is 0 Å². The van der Waals surface area contributed by atoms with E-state index in [1.165, 1.54) is 11.9 Å². The fourth-order valence-corrected chi connectivity index (χ4v) is 2.48. The molecule has 1 aromatic rings. The lowest BCUT2D eigenvalue weighted by Crippen LogP contribution is -2.34. The van der Waals surface area contributed by atoms with Gasteiger partial charge in [0.2, 0.25) is 0 Å². The van der Waals surface area contributed by atoms with E-state index in [1.807, 2.05) is 0 Å². The maximum atomic E-state index is 12.9. The van der Waals surface area contributed by atoms with Crippen molar-refractivity contribution in [2.45, 2.75) is 38.3 Å². The summed E-state index contributed by atoms with van der Waals surface area (Å²) in [6, 6.07) is 0. The van der Waals surface area contributed by atoms with E-state index < -0.39 is 17.8 Å². The average Bonchev–Trinajstić information content (AvgIpc) is 2.70. The number of rotatable bonds is 1. The Morgan fingerprint density at radius 2 is 1.70 bits per heavy atom. The first-order valence-electron chi connectivity index (χ1n) is 6.79. The monoisotopic (exact) mass is 289 g/mol. The van der Waals surface area contributed by atoms with E-state index in [1.54, 1.807) is 0 Å². The highest BCUT2D eigenvalue weighted by atomic mass is 19.4. The minimum atomic E-state index is -4.60. The summed E-state index contributed by atoms with van der Waals surface area (Å²) in [6.07, 6.45) is 1.40. The summed E-state index contributed by atoms with van der Waals surface area (Å²) < 4.78 is 39.7. The van der Waals surface area contributed by atoms with E-state index in [0.29, 0.717) is 13.1 Å². The van der Waals surface area contributed by atoms with Crippen molar-refractivity contribution >= 4 is 5.91 Å². The molecule has 0 atom stereocenters. The first kappa shape index (κ1) is 14.9. The van der Waals surface area contributed by atoms with Crippen LogP contribution in [0.15, 0.2) is 6.20 Å². The van der Waals surface area contributed by atoms with Crippen molar-refractivity contribution < 1.29 is 18.0 Å². The van der Waals surface area contributed by atoms with Gasteiger partial charge in [-0.1, -0.05) is 19.3 Å². The molecule has 1 aliphatic rings. The zero-order valence-corrected chi connectivity index (χ0v) is 11.4. The molecular weight excluding hydrogens is 271 g/mol. The van der Waals surface area contributed by atoms with Crippen LogP contribution in [0.25, 0.3) is 0 Å². The number of hydrogen-bond acceptors (Lipinski definition) is 2. The molecule has 0 aliphatic carbocycles. The third kappa shape index (κ3) is 3.32. The fourth-order valence-electron chi connectivity index (χ4n) is 2.48. The second kappa shape index (κ2) is 5.85. The van der Waals surface area contributed by atoms with Crippen molar-refractivity contribution in [1.29, 1.82) is 0 Å². The molecule has 1 aliphatic heterocycles. The molecule has 0 aromatic carbocycles. The summed E-state index contributed by atoms with van der Waals surface area (Å²) in [4.78, 5) is 13.8. The van der Waals surface area contributed by atoms with E-state index in [-0.39, 0.29) is 5.56 Å². The molecule has 1 aromatic heterocycles. The van der Waals surface area contributed by atoms with E-state index in [9.17, 15) is 18.0 Å². The number of alkyl halides is 3. The molecule has 1 amide bonds. The predicted molar refractivity (Wildman–Crippen MR) is 67.2 cm³/mol. The van der Waals surface area contributed by atoms with Gasteiger partial charge >= 0.3 is 6.18 Å². The van der Waals surface area contributed by atoms with Gasteiger partial charge in [-0.15, -0.1) is 0 Å². The van der Waals surface area contributed by atoms with E-state index in [2.05, 4.69) is 5.10 Å². The maximum absolute atomic E-state index is 12.9. The van der Waals surface area contributed by atoms with Crippen molar-refractivity contribution in [2.75, 3.05) is 13.1 Å². The average molecular weight is 289 g/mol. The van der Waals surface area contributed by atoms with Crippen LogP contribution in [0.1, 0.15) is 48.2 Å². The van der Waals surface area contributed by atoms with Crippen LogP contribution in [0.3, 0.4) is 0 Å². The molecule has 2 heterocycles. The van der Waals surface area contributed by atoms with Gasteiger partial charge < -0.3 is 4.90 Å². The molecule has 112 valence electrons. The molecule has 0 saturated carbocycles. The molecular formula is C13H18F3N3O. The van der Waals surface area contributed by atoms with Crippen molar-refractivity contribution in [2.24, 2.45) is 7.05 Å². The first-order chi connectivity index (χ1) is 9.39. The van der Waals surface area contributed by atoms with E-state index in [4.69, 9.17) is 0 Å². The number of likely N-dealkylation sites (tertiary alicyclic amines) is 1. The smallest absolute Gasteiger partial charge is 0.339 e. The number of nitrogens with zero attached hydrogens (tertiary/aromatic N) is 3. The van der Waals surface area contributed by atoms with Crippen molar-refractivity contribution in [3.05, 3.63) is 17.5 Å². The molecule has 2 rings (SSSR count). The number of aryl methyl sites for hydroxylation is 1. The maximum Gasteiger partial charge on any atom is 0.435 e. The topological polar surface area (TPSA) is 38.1 Å². The largest absolute Gasteiger partial charge is 0.435 e.